The molecule has 3 fully saturated rings. The Labute approximate surface area is 78.5 Å². The zero-order valence-electron chi connectivity index (χ0n) is 7.83. The molecule has 1 N–H and O–H groups in total. The summed E-state index contributed by atoms with van der Waals surface area (Å²) in [5.41, 5.74) is 0. The predicted molar refractivity (Wildman–Crippen MR) is 49.2 cm³/mol. The Bertz CT molecular complexity index is 237. The third-order valence-corrected chi connectivity index (χ3v) is 3.79. The summed E-state index contributed by atoms with van der Waals surface area (Å²) >= 11 is 0. The highest BCUT2D eigenvalue weighted by Crippen LogP contribution is 2.32. The molecule has 2 saturated heterocycles. The Kier molecular flexibility index (Phi) is 1.62. The van der Waals surface area contributed by atoms with Crippen LogP contribution >= 0.6 is 0 Å². The van der Waals surface area contributed by atoms with E-state index in [0.717, 1.165) is 25.9 Å². The SMILES string of the molecule is O=C(C1CCC1)N1CC2CC1CN2. The molecule has 1 aliphatic carbocycles. The highest BCUT2D eigenvalue weighted by atomic mass is 16.2. The van der Waals surface area contributed by atoms with E-state index in [0.29, 0.717) is 23.9 Å². The lowest BCUT2D eigenvalue weighted by Crippen LogP contribution is -2.49. The highest BCUT2D eigenvalue weighted by molar-refractivity contribution is 5.80. The highest BCUT2D eigenvalue weighted by Gasteiger charge is 2.42. The Morgan fingerprint density at radius 3 is 2.69 bits per heavy atom. The molecule has 72 valence electrons. The molecule has 2 bridgehead atoms. The molecule has 2 unspecified atom stereocenters. The van der Waals surface area contributed by atoms with Crippen LogP contribution in [0.5, 0.6) is 0 Å². The van der Waals surface area contributed by atoms with Crippen molar-refractivity contribution in [2.75, 3.05) is 13.1 Å². The molecule has 3 aliphatic rings. The topological polar surface area (TPSA) is 32.3 Å². The van der Waals surface area contributed by atoms with Gasteiger partial charge in [0.2, 0.25) is 5.91 Å². The van der Waals surface area contributed by atoms with Gasteiger partial charge < -0.3 is 10.2 Å². The van der Waals surface area contributed by atoms with Gasteiger partial charge in [-0.05, 0) is 19.3 Å². The standard InChI is InChI=1S/C10H16N2O/c13-10(7-2-1-3-7)12-6-8-4-9(12)5-11-8/h7-9,11H,1-6H2. The van der Waals surface area contributed by atoms with E-state index < -0.39 is 0 Å². The van der Waals surface area contributed by atoms with Gasteiger partial charge in [-0.15, -0.1) is 0 Å². The van der Waals surface area contributed by atoms with Gasteiger partial charge in [0, 0.05) is 31.1 Å². The number of carbonyl (C=O) groups is 1. The van der Waals surface area contributed by atoms with Crippen molar-refractivity contribution in [3.63, 3.8) is 0 Å². The summed E-state index contributed by atoms with van der Waals surface area (Å²) in [5, 5.41) is 3.42. The monoisotopic (exact) mass is 180 g/mol. The van der Waals surface area contributed by atoms with Gasteiger partial charge in [-0.1, -0.05) is 6.42 Å². The van der Waals surface area contributed by atoms with Crippen molar-refractivity contribution in [3.8, 4) is 0 Å². The second-order valence-electron chi connectivity index (χ2n) is 4.61. The van der Waals surface area contributed by atoms with Gasteiger partial charge in [-0.3, -0.25) is 4.79 Å². The van der Waals surface area contributed by atoms with Crippen LogP contribution in [0.3, 0.4) is 0 Å². The molecule has 13 heavy (non-hydrogen) atoms. The molecule has 2 aliphatic heterocycles. The average molecular weight is 180 g/mol. The third kappa shape index (κ3) is 1.10. The summed E-state index contributed by atoms with van der Waals surface area (Å²) in [6.45, 7) is 2.00. The van der Waals surface area contributed by atoms with Gasteiger partial charge in [-0.25, -0.2) is 0 Å². The van der Waals surface area contributed by atoms with Gasteiger partial charge in [0.25, 0.3) is 0 Å². The van der Waals surface area contributed by atoms with Crippen molar-refractivity contribution < 1.29 is 4.79 Å². The summed E-state index contributed by atoms with van der Waals surface area (Å²) in [6.07, 6.45) is 4.73. The number of nitrogens with one attached hydrogen (secondary N) is 1. The fraction of sp³-hybridized carbons (Fsp3) is 0.900. The minimum Gasteiger partial charge on any atom is -0.337 e. The molecule has 3 nitrogen and oxygen atoms in total. The van der Waals surface area contributed by atoms with Crippen LogP contribution in [0, 0.1) is 5.92 Å². The van der Waals surface area contributed by atoms with Crippen LogP contribution in [0.15, 0.2) is 0 Å². The predicted octanol–water partition coefficient (Wildman–Crippen LogP) is 0.359. The number of fused-ring (bicyclic) bond motifs is 2. The van der Waals surface area contributed by atoms with E-state index in [2.05, 4.69) is 10.2 Å². The quantitative estimate of drug-likeness (QED) is 0.632. The first-order valence-electron chi connectivity index (χ1n) is 5.38. The largest absolute Gasteiger partial charge is 0.337 e. The number of hydrogen-bond acceptors (Lipinski definition) is 2. The van der Waals surface area contributed by atoms with E-state index in [4.69, 9.17) is 0 Å². The fourth-order valence-electron chi connectivity index (χ4n) is 2.72. The molecular weight excluding hydrogens is 164 g/mol. The minimum atomic E-state index is 0.388. The van der Waals surface area contributed by atoms with Crippen molar-refractivity contribution in [1.82, 2.24) is 10.2 Å². The molecule has 0 aromatic rings. The van der Waals surface area contributed by atoms with Crippen LogP contribution in [-0.4, -0.2) is 36.0 Å². The first-order chi connectivity index (χ1) is 6.34. The van der Waals surface area contributed by atoms with Gasteiger partial charge in [0.05, 0.1) is 0 Å². The van der Waals surface area contributed by atoms with Crippen molar-refractivity contribution >= 4 is 5.91 Å². The second-order valence-corrected chi connectivity index (χ2v) is 4.61. The lowest BCUT2D eigenvalue weighted by molar-refractivity contribution is -0.139. The van der Waals surface area contributed by atoms with Crippen LogP contribution in [-0.2, 0) is 4.79 Å². The summed E-state index contributed by atoms with van der Waals surface area (Å²) < 4.78 is 0. The van der Waals surface area contributed by atoms with Crippen molar-refractivity contribution in [2.24, 2.45) is 5.92 Å². The molecule has 0 aromatic heterocycles. The normalized spacial score (nSPS) is 38.0. The maximum absolute atomic E-state index is 11.9. The molecule has 0 aromatic carbocycles. The molecule has 0 spiro atoms. The number of likely N-dealkylation sites (tertiary alicyclic amines) is 1. The number of rotatable bonds is 1. The van der Waals surface area contributed by atoms with Crippen LogP contribution in [0.4, 0.5) is 0 Å². The van der Waals surface area contributed by atoms with E-state index in [1.807, 2.05) is 0 Å². The molecule has 1 amide bonds. The van der Waals surface area contributed by atoms with E-state index in [-0.39, 0.29) is 0 Å². The van der Waals surface area contributed by atoms with Gasteiger partial charge in [0.1, 0.15) is 0 Å². The van der Waals surface area contributed by atoms with Crippen LogP contribution in [0.25, 0.3) is 0 Å². The smallest absolute Gasteiger partial charge is 0.226 e. The van der Waals surface area contributed by atoms with Gasteiger partial charge in [-0.2, -0.15) is 0 Å². The van der Waals surface area contributed by atoms with Crippen LogP contribution < -0.4 is 5.32 Å². The third-order valence-electron chi connectivity index (χ3n) is 3.79. The van der Waals surface area contributed by atoms with Gasteiger partial charge in [0.15, 0.2) is 0 Å². The second kappa shape index (κ2) is 2.71. The molecule has 0 radical (unpaired) electrons. The van der Waals surface area contributed by atoms with Crippen molar-refractivity contribution in [3.05, 3.63) is 0 Å². The zero-order chi connectivity index (χ0) is 8.84. The Balaban J connectivity index is 1.68. The number of carbonyl (C=O) groups excluding carboxylic acids is 1. The minimum absolute atomic E-state index is 0.388. The van der Waals surface area contributed by atoms with Crippen molar-refractivity contribution in [2.45, 2.75) is 37.8 Å². The summed E-state index contributed by atoms with van der Waals surface area (Å²) in [7, 11) is 0. The molecular formula is C10H16N2O. The Hall–Kier alpha value is -0.570. The van der Waals surface area contributed by atoms with Crippen LogP contribution in [0.2, 0.25) is 0 Å². The first-order valence-corrected chi connectivity index (χ1v) is 5.38. The van der Waals surface area contributed by atoms with E-state index >= 15 is 0 Å². The number of hydrogen-bond donors (Lipinski definition) is 1. The van der Waals surface area contributed by atoms with Crippen molar-refractivity contribution in [1.29, 1.82) is 0 Å². The number of amides is 1. The number of piperazine rings is 1. The maximum atomic E-state index is 11.9. The fourth-order valence-corrected chi connectivity index (χ4v) is 2.72. The van der Waals surface area contributed by atoms with E-state index in [9.17, 15) is 4.79 Å². The number of nitrogens with zero attached hydrogens (tertiary/aromatic N) is 1. The summed E-state index contributed by atoms with van der Waals surface area (Å²) in [4.78, 5) is 14.0. The molecule has 2 heterocycles. The lowest BCUT2D eigenvalue weighted by Gasteiger charge is -2.34. The lowest BCUT2D eigenvalue weighted by atomic mass is 9.84. The molecule has 3 rings (SSSR count). The van der Waals surface area contributed by atoms with Gasteiger partial charge >= 0.3 is 0 Å². The molecule has 1 saturated carbocycles. The summed E-state index contributed by atoms with van der Waals surface area (Å²) in [6, 6.07) is 1.13. The first kappa shape index (κ1) is 7.80. The average Bonchev–Trinajstić information content (AvgIpc) is 2.59. The Morgan fingerprint density at radius 2 is 2.23 bits per heavy atom. The van der Waals surface area contributed by atoms with Crippen LogP contribution in [0.1, 0.15) is 25.7 Å². The summed E-state index contributed by atoms with van der Waals surface area (Å²) in [5.74, 6) is 0.833. The van der Waals surface area contributed by atoms with E-state index in [1.54, 1.807) is 0 Å². The van der Waals surface area contributed by atoms with E-state index in [1.165, 1.54) is 12.8 Å². The molecule has 2 atom stereocenters. The maximum Gasteiger partial charge on any atom is 0.226 e. The zero-order valence-corrected chi connectivity index (χ0v) is 7.83. The Morgan fingerprint density at radius 1 is 1.38 bits per heavy atom. The molecule has 3 heteroatoms.